The van der Waals surface area contributed by atoms with E-state index in [2.05, 4.69) is 31.1 Å². The average molecular weight is 271 g/mol. The second kappa shape index (κ2) is 3.30. The van der Waals surface area contributed by atoms with E-state index in [0.717, 1.165) is 5.82 Å². The number of rotatable bonds is 2. The van der Waals surface area contributed by atoms with E-state index in [1.54, 1.807) is 4.90 Å². The highest BCUT2D eigenvalue weighted by Gasteiger charge is 2.33. The van der Waals surface area contributed by atoms with Crippen molar-refractivity contribution in [2.75, 3.05) is 11.4 Å². The van der Waals surface area contributed by atoms with Crippen LogP contribution in [0.5, 0.6) is 0 Å². The Morgan fingerprint density at radius 3 is 2.87 bits per heavy atom. The number of aromatic amines is 1. The van der Waals surface area contributed by atoms with Crippen LogP contribution in [0.4, 0.5) is 5.95 Å². The van der Waals surface area contributed by atoms with Crippen molar-refractivity contribution in [1.82, 2.24) is 15.2 Å². The predicted octanol–water partition coefficient (Wildman–Crippen LogP) is 1.18. The predicted molar refractivity (Wildman–Crippen MR) is 58.0 cm³/mol. The van der Waals surface area contributed by atoms with E-state index in [0.29, 0.717) is 24.8 Å². The number of nitrogens with one attached hydrogen (secondary N) is 1. The zero-order chi connectivity index (χ0) is 10.4. The maximum absolute atomic E-state index is 11.6. The van der Waals surface area contributed by atoms with Crippen molar-refractivity contribution in [3.63, 3.8) is 0 Å². The molecule has 6 heteroatoms. The molecular formula is C9H11BrN4O. The van der Waals surface area contributed by atoms with Crippen molar-refractivity contribution in [2.24, 2.45) is 0 Å². The number of carbonyl (C=O) groups excluding carboxylic acids is 1. The molecule has 3 rings (SSSR count). The molecule has 1 aliphatic carbocycles. The van der Waals surface area contributed by atoms with Crippen LogP contribution in [0.25, 0.3) is 0 Å². The Balaban J connectivity index is 1.82. The Morgan fingerprint density at radius 1 is 1.47 bits per heavy atom. The summed E-state index contributed by atoms with van der Waals surface area (Å²) in [5.41, 5.74) is 0. The molecule has 1 N–H and O–H groups in total. The first-order valence-electron chi connectivity index (χ1n) is 5.11. The summed E-state index contributed by atoms with van der Waals surface area (Å²) in [5.74, 6) is 2.10. The number of hydrogen-bond acceptors (Lipinski definition) is 3. The van der Waals surface area contributed by atoms with Gasteiger partial charge in [0.2, 0.25) is 5.91 Å². The lowest BCUT2D eigenvalue weighted by Gasteiger charge is -2.09. The zero-order valence-electron chi connectivity index (χ0n) is 8.11. The number of halogens is 1. The summed E-state index contributed by atoms with van der Waals surface area (Å²) >= 11 is 3.44. The van der Waals surface area contributed by atoms with Crippen LogP contribution in [-0.4, -0.2) is 32.5 Å². The van der Waals surface area contributed by atoms with Crippen molar-refractivity contribution >= 4 is 27.8 Å². The molecule has 1 saturated carbocycles. The van der Waals surface area contributed by atoms with Gasteiger partial charge in [-0.25, -0.2) is 0 Å². The number of amides is 1. The Labute approximate surface area is 95.4 Å². The summed E-state index contributed by atoms with van der Waals surface area (Å²) in [6.07, 6.45) is 2.90. The van der Waals surface area contributed by atoms with Crippen molar-refractivity contribution in [3.05, 3.63) is 5.82 Å². The molecule has 0 spiro atoms. The molecule has 0 aromatic carbocycles. The van der Waals surface area contributed by atoms with Gasteiger partial charge in [0.1, 0.15) is 5.82 Å². The van der Waals surface area contributed by atoms with Crippen molar-refractivity contribution < 1.29 is 4.79 Å². The van der Waals surface area contributed by atoms with Crippen LogP contribution >= 0.6 is 15.9 Å². The first-order chi connectivity index (χ1) is 7.24. The van der Waals surface area contributed by atoms with Gasteiger partial charge in [-0.1, -0.05) is 15.9 Å². The molecule has 1 aromatic rings. The SMILES string of the molecule is O=C1CC(Br)CN1c1n[nH]c(C2CC2)n1. The van der Waals surface area contributed by atoms with Crippen LogP contribution in [0, 0.1) is 0 Å². The minimum absolute atomic E-state index is 0.0956. The zero-order valence-corrected chi connectivity index (χ0v) is 9.70. The average Bonchev–Trinajstić information content (AvgIpc) is 2.83. The number of nitrogens with zero attached hydrogens (tertiary/aromatic N) is 3. The van der Waals surface area contributed by atoms with Crippen LogP contribution in [-0.2, 0) is 4.79 Å². The first kappa shape index (κ1) is 9.33. The third-order valence-corrected chi connectivity index (χ3v) is 3.39. The van der Waals surface area contributed by atoms with E-state index in [1.807, 2.05) is 0 Å². The molecule has 5 nitrogen and oxygen atoms in total. The van der Waals surface area contributed by atoms with Gasteiger partial charge in [-0.3, -0.25) is 14.8 Å². The topological polar surface area (TPSA) is 61.9 Å². The lowest BCUT2D eigenvalue weighted by atomic mass is 10.4. The van der Waals surface area contributed by atoms with Crippen molar-refractivity contribution in [2.45, 2.75) is 30.0 Å². The number of hydrogen-bond donors (Lipinski definition) is 1. The van der Waals surface area contributed by atoms with Crippen LogP contribution < -0.4 is 4.90 Å². The van der Waals surface area contributed by atoms with E-state index < -0.39 is 0 Å². The number of anilines is 1. The van der Waals surface area contributed by atoms with Crippen molar-refractivity contribution in [3.8, 4) is 0 Å². The quantitative estimate of drug-likeness (QED) is 0.822. The van der Waals surface area contributed by atoms with Gasteiger partial charge in [0.25, 0.3) is 5.95 Å². The van der Waals surface area contributed by atoms with Gasteiger partial charge in [0.05, 0.1) is 0 Å². The highest BCUT2D eigenvalue weighted by atomic mass is 79.9. The molecule has 80 valence electrons. The van der Waals surface area contributed by atoms with Crippen molar-refractivity contribution in [1.29, 1.82) is 0 Å². The van der Waals surface area contributed by atoms with E-state index >= 15 is 0 Å². The molecule has 0 radical (unpaired) electrons. The molecule has 15 heavy (non-hydrogen) atoms. The van der Waals surface area contributed by atoms with E-state index in [-0.39, 0.29) is 10.7 Å². The smallest absolute Gasteiger partial charge is 0.251 e. The van der Waals surface area contributed by atoms with E-state index in [4.69, 9.17) is 0 Å². The summed E-state index contributed by atoms with van der Waals surface area (Å²) in [6.45, 7) is 0.667. The monoisotopic (exact) mass is 270 g/mol. The van der Waals surface area contributed by atoms with Gasteiger partial charge >= 0.3 is 0 Å². The van der Waals surface area contributed by atoms with Gasteiger partial charge in [-0.15, -0.1) is 5.10 Å². The molecular weight excluding hydrogens is 260 g/mol. The lowest BCUT2D eigenvalue weighted by Crippen LogP contribution is -2.25. The Kier molecular flexibility index (Phi) is 2.05. The van der Waals surface area contributed by atoms with Gasteiger partial charge in [-0.05, 0) is 12.8 Å². The van der Waals surface area contributed by atoms with Crippen LogP contribution in [0.2, 0.25) is 0 Å². The van der Waals surface area contributed by atoms with Gasteiger partial charge in [-0.2, -0.15) is 4.98 Å². The Hall–Kier alpha value is -0.910. The molecule has 2 fully saturated rings. The summed E-state index contributed by atoms with van der Waals surface area (Å²) in [6, 6.07) is 0. The Bertz CT molecular complexity index is 401. The number of alkyl halides is 1. The number of carbonyl (C=O) groups is 1. The molecule has 1 amide bonds. The molecule has 2 heterocycles. The second-order valence-corrected chi connectivity index (χ2v) is 5.40. The maximum Gasteiger partial charge on any atom is 0.251 e. The molecule has 0 bridgehead atoms. The normalized spacial score (nSPS) is 26.3. The molecule has 1 aliphatic heterocycles. The van der Waals surface area contributed by atoms with Crippen LogP contribution in [0.15, 0.2) is 0 Å². The van der Waals surface area contributed by atoms with E-state index in [9.17, 15) is 4.79 Å². The molecule has 1 saturated heterocycles. The second-order valence-electron chi connectivity index (χ2n) is 4.10. The number of aromatic nitrogens is 3. The van der Waals surface area contributed by atoms with Gasteiger partial charge in [0, 0.05) is 23.7 Å². The fourth-order valence-corrected chi connectivity index (χ4v) is 2.35. The third-order valence-electron chi connectivity index (χ3n) is 2.77. The third kappa shape index (κ3) is 1.67. The summed E-state index contributed by atoms with van der Waals surface area (Å²) < 4.78 is 0. The first-order valence-corrected chi connectivity index (χ1v) is 6.02. The largest absolute Gasteiger partial charge is 0.278 e. The molecule has 2 aliphatic rings. The number of H-pyrrole nitrogens is 1. The fraction of sp³-hybridized carbons (Fsp3) is 0.667. The highest BCUT2D eigenvalue weighted by molar-refractivity contribution is 9.09. The highest BCUT2D eigenvalue weighted by Crippen LogP contribution is 2.38. The van der Waals surface area contributed by atoms with Crippen LogP contribution in [0.1, 0.15) is 31.0 Å². The van der Waals surface area contributed by atoms with Crippen LogP contribution in [0.3, 0.4) is 0 Å². The minimum Gasteiger partial charge on any atom is -0.278 e. The van der Waals surface area contributed by atoms with Gasteiger partial charge in [0.15, 0.2) is 0 Å². The standard InChI is InChI=1S/C9H11BrN4O/c10-6-3-7(15)14(4-6)9-11-8(12-13-9)5-1-2-5/h5-6H,1-4H2,(H,11,12,13). The summed E-state index contributed by atoms with van der Waals surface area (Å²) in [5, 5.41) is 7.00. The summed E-state index contributed by atoms with van der Waals surface area (Å²) in [4.78, 5) is 17.8. The molecule has 1 aromatic heterocycles. The Morgan fingerprint density at radius 2 is 2.27 bits per heavy atom. The van der Waals surface area contributed by atoms with Gasteiger partial charge < -0.3 is 0 Å². The van der Waals surface area contributed by atoms with E-state index in [1.165, 1.54) is 12.8 Å². The molecule has 1 atom stereocenters. The maximum atomic E-state index is 11.6. The molecule has 1 unspecified atom stereocenters. The lowest BCUT2D eigenvalue weighted by molar-refractivity contribution is -0.117. The minimum atomic E-state index is 0.0956. The summed E-state index contributed by atoms with van der Waals surface area (Å²) in [7, 11) is 0. The fourth-order valence-electron chi connectivity index (χ4n) is 1.78.